The monoisotopic (exact) mass is 399 g/mol. The van der Waals surface area contributed by atoms with Gasteiger partial charge >= 0.3 is 0 Å². The SMILES string of the molecule is CCc1ccc(NC(=O)c2nc(C(=O)NCc3cccnc3)n3ccccc23)cc1. The van der Waals surface area contributed by atoms with Crippen LogP contribution in [0.15, 0.2) is 73.2 Å². The molecule has 0 aliphatic heterocycles. The molecular weight excluding hydrogens is 378 g/mol. The maximum absolute atomic E-state index is 12.9. The van der Waals surface area contributed by atoms with Gasteiger partial charge in [-0.3, -0.25) is 19.0 Å². The molecule has 0 unspecified atom stereocenters. The van der Waals surface area contributed by atoms with Crippen LogP contribution >= 0.6 is 0 Å². The highest BCUT2D eigenvalue weighted by atomic mass is 16.2. The summed E-state index contributed by atoms with van der Waals surface area (Å²) in [6, 6.07) is 16.7. The first kappa shape index (κ1) is 19.3. The molecular formula is C23H21N5O2. The molecule has 0 aliphatic carbocycles. The van der Waals surface area contributed by atoms with Gasteiger partial charge in [-0.05, 0) is 47.9 Å². The van der Waals surface area contributed by atoms with Gasteiger partial charge < -0.3 is 10.6 Å². The predicted molar refractivity (Wildman–Crippen MR) is 114 cm³/mol. The fraction of sp³-hybridized carbons (Fsp3) is 0.130. The number of aryl methyl sites for hydroxylation is 1. The number of imidazole rings is 1. The summed E-state index contributed by atoms with van der Waals surface area (Å²) in [5.74, 6) is -0.582. The highest BCUT2D eigenvalue weighted by molar-refractivity contribution is 6.08. The highest BCUT2D eigenvalue weighted by Crippen LogP contribution is 2.17. The molecule has 7 nitrogen and oxygen atoms in total. The third-order valence-electron chi connectivity index (χ3n) is 4.76. The maximum Gasteiger partial charge on any atom is 0.287 e. The Labute approximate surface area is 173 Å². The normalized spacial score (nSPS) is 10.7. The minimum atomic E-state index is -0.369. The van der Waals surface area contributed by atoms with E-state index in [9.17, 15) is 9.59 Å². The van der Waals surface area contributed by atoms with Crippen molar-refractivity contribution >= 4 is 23.0 Å². The molecule has 3 heterocycles. The highest BCUT2D eigenvalue weighted by Gasteiger charge is 2.21. The van der Waals surface area contributed by atoms with Crippen LogP contribution in [-0.4, -0.2) is 26.2 Å². The topological polar surface area (TPSA) is 88.4 Å². The molecule has 0 fully saturated rings. The number of nitrogens with zero attached hydrogens (tertiary/aromatic N) is 3. The van der Waals surface area contributed by atoms with E-state index in [4.69, 9.17) is 0 Å². The van der Waals surface area contributed by atoms with Gasteiger partial charge in [0.15, 0.2) is 5.69 Å². The van der Waals surface area contributed by atoms with Crippen molar-refractivity contribution in [2.45, 2.75) is 19.9 Å². The van der Waals surface area contributed by atoms with Gasteiger partial charge in [-0.2, -0.15) is 0 Å². The van der Waals surface area contributed by atoms with Crippen LogP contribution in [0.25, 0.3) is 5.52 Å². The Balaban J connectivity index is 1.58. The lowest BCUT2D eigenvalue weighted by atomic mass is 10.1. The molecule has 30 heavy (non-hydrogen) atoms. The van der Waals surface area contributed by atoms with Crippen molar-refractivity contribution in [1.82, 2.24) is 19.7 Å². The Kier molecular flexibility index (Phi) is 5.52. The van der Waals surface area contributed by atoms with Crippen LogP contribution in [0.5, 0.6) is 0 Å². The second-order valence-electron chi connectivity index (χ2n) is 6.79. The molecule has 150 valence electrons. The number of carbonyl (C=O) groups excluding carboxylic acids is 2. The first-order chi connectivity index (χ1) is 14.7. The lowest BCUT2D eigenvalue weighted by Gasteiger charge is -2.04. The third-order valence-corrected chi connectivity index (χ3v) is 4.76. The zero-order valence-corrected chi connectivity index (χ0v) is 16.5. The molecule has 0 aliphatic rings. The van der Waals surface area contributed by atoms with Gasteiger partial charge in [0, 0.05) is 30.8 Å². The fourth-order valence-electron chi connectivity index (χ4n) is 3.14. The van der Waals surface area contributed by atoms with Crippen molar-refractivity contribution < 1.29 is 9.59 Å². The molecule has 0 bridgehead atoms. The van der Waals surface area contributed by atoms with Gasteiger partial charge in [-0.25, -0.2) is 4.98 Å². The quantitative estimate of drug-likeness (QED) is 0.520. The minimum absolute atomic E-state index is 0.154. The largest absolute Gasteiger partial charge is 0.345 e. The number of hydrogen-bond acceptors (Lipinski definition) is 4. The summed E-state index contributed by atoms with van der Waals surface area (Å²) in [6.07, 6.45) is 6.01. The second kappa shape index (κ2) is 8.57. The average molecular weight is 399 g/mol. The van der Waals surface area contributed by atoms with Crippen LogP contribution in [0.4, 0.5) is 5.69 Å². The molecule has 0 saturated heterocycles. The summed E-state index contributed by atoms with van der Waals surface area (Å²) in [7, 11) is 0. The van der Waals surface area contributed by atoms with Gasteiger partial charge in [0.1, 0.15) is 0 Å². The lowest BCUT2D eigenvalue weighted by Crippen LogP contribution is -2.25. The number of hydrogen-bond donors (Lipinski definition) is 2. The standard InChI is InChI=1S/C23H21N5O2/c1-2-16-8-10-18(11-9-16)26-22(29)20-19-7-3-4-13-28(19)21(27-20)23(30)25-15-17-6-5-12-24-14-17/h3-14H,2,15H2,1H3,(H,25,30)(H,26,29). The molecule has 7 heteroatoms. The Bertz CT molecular complexity index is 1180. The Morgan fingerprint density at radius 1 is 0.967 bits per heavy atom. The van der Waals surface area contributed by atoms with Crippen molar-refractivity contribution in [1.29, 1.82) is 0 Å². The summed E-state index contributed by atoms with van der Waals surface area (Å²) in [5.41, 5.74) is 3.50. The van der Waals surface area contributed by atoms with Crippen LogP contribution in [0.2, 0.25) is 0 Å². The molecule has 0 atom stereocenters. The van der Waals surface area contributed by atoms with E-state index in [0.29, 0.717) is 17.7 Å². The number of rotatable bonds is 6. The molecule has 0 radical (unpaired) electrons. The van der Waals surface area contributed by atoms with Gasteiger partial charge in [-0.1, -0.05) is 31.2 Å². The number of carbonyl (C=O) groups is 2. The lowest BCUT2D eigenvalue weighted by molar-refractivity contribution is 0.0940. The van der Waals surface area contributed by atoms with Gasteiger partial charge in [0.25, 0.3) is 11.8 Å². The molecule has 0 saturated carbocycles. The molecule has 4 aromatic rings. The van der Waals surface area contributed by atoms with Gasteiger partial charge in [-0.15, -0.1) is 0 Å². The first-order valence-electron chi connectivity index (χ1n) is 9.70. The van der Waals surface area contributed by atoms with Crippen LogP contribution in [0.3, 0.4) is 0 Å². The molecule has 2 N–H and O–H groups in total. The smallest absolute Gasteiger partial charge is 0.287 e. The van der Waals surface area contributed by atoms with Crippen molar-refractivity contribution in [3.05, 3.63) is 95.8 Å². The Morgan fingerprint density at radius 3 is 2.53 bits per heavy atom. The van der Waals surface area contributed by atoms with E-state index < -0.39 is 0 Å². The average Bonchev–Trinajstić information content (AvgIpc) is 3.19. The first-order valence-corrected chi connectivity index (χ1v) is 9.70. The van der Waals surface area contributed by atoms with Crippen molar-refractivity contribution in [3.8, 4) is 0 Å². The molecule has 1 aromatic carbocycles. The maximum atomic E-state index is 12.9. The summed E-state index contributed by atoms with van der Waals surface area (Å²) in [5, 5.41) is 5.69. The number of nitrogens with one attached hydrogen (secondary N) is 2. The van der Waals surface area contributed by atoms with Gasteiger partial charge in [0.2, 0.25) is 5.82 Å². The number of benzene rings is 1. The molecule has 4 rings (SSSR count). The van der Waals surface area contributed by atoms with Gasteiger partial charge in [0.05, 0.1) is 5.52 Å². The minimum Gasteiger partial charge on any atom is -0.345 e. The zero-order valence-electron chi connectivity index (χ0n) is 16.5. The van der Waals surface area contributed by atoms with E-state index in [-0.39, 0.29) is 23.3 Å². The van der Waals surface area contributed by atoms with Crippen LogP contribution < -0.4 is 10.6 Å². The van der Waals surface area contributed by atoms with E-state index in [2.05, 4.69) is 27.5 Å². The molecule has 3 aromatic heterocycles. The van der Waals surface area contributed by atoms with Crippen LogP contribution in [0.1, 0.15) is 39.2 Å². The van der Waals surface area contributed by atoms with Crippen molar-refractivity contribution in [2.75, 3.05) is 5.32 Å². The number of aromatic nitrogens is 3. The van der Waals surface area contributed by atoms with E-state index >= 15 is 0 Å². The second-order valence-corrected chi connectivity index (χ2v) is 6.79. The number of pyridine rings is 2. The van der Waals surface area contributed by atoms with Crippen molar-refractivity contribution in [2.24, 2.45) is 0 Å². The summed E-state index contributed by atoms with van der Waals surface area (Å²) in [6.45, 7) is 2.39. The molecule has 0 spiro atoms. The van der Waals surface area contributed by atoms with E-state index in [1.54, 1.807) is 41.2 Å². The van der Waals surface area contributed by atoms with E-state index in [1.165, 1.54) is 5.56 Å². The van der Waals surface area contributed by atoms with E-state index in [1.807, 2.05) is 36.4 Å². The Hall–Kier alpha value is -4.00. The number of anilines is 1. The zero-order chi connectivity index (χ0) is 20.9. The van der Waals surface area contributed by atoms with Crippen LogP contribution in [0, 0.1) is 0 Å². The molecule has 2 amide bonds. The van der Waals surface area contributed by atoms with E-state index in [0.717, 1.165) is 12.0 Å². The van der Waals surface area contributed by atoms with Crippen LogP contribution in [-0.2, 0) is 13.0 Å². The third kappa shape index (κ3) is 4.05. The Morgan fingerprint density at radius 2 is 1.80 bits per heavy atom. The summed E-state index contributed by atoms with van der Waals surface area (Å²) in [4.78, 5) is 34.0. The fourth-order valence-corrected chi connectivity index (χ4v) is 3.14. The number of amides is 2. The number of fused-ring (bicyclic) bond motifs is 1. The van der Waals surface area contributed by atoms with Crippen molar-refractivity contribution in [3.63, 3.8) is 0 Å². The summed E-state index contributed by atoms with van der Waals surface area (Å²) < 4.78 is 1.62. The predicted octanol–water partition coefficient (Wildman–Crippen LogP) is 3.47. The summed E-state index contributed by atoms with van der Waals surface area (Å²) >= 11 is 0.